The fourth-order valence-electron chi connectivity index (χ4n) is 4.44. The Morgan fingerprint density at radius 1 is 1.50 bits per heavy atom. The van der Waals surface area contributed by atoms with Gasteiger partial charge in [-0.15, -0.1) is 0 Å². The van der Waals surface area contributed by atoms with Gasteiger partial charge in [0.05, 0.1) is 0 Å². The minimum absolute atomic E-state index is 0.103. The Hall–Kier alpha value is -1.88. The molecule has 2 aliphatic carbocycles. The molecule has 142 valence electrons. The first kappa shape index (κ1) is 18.9. The minimum atomic E-state index is -0.875. The van der Waals surface area contributed by atoms with Crippen molar-refractivity contribution in [3.63, 3.8) is 0 Å². The number of hydrogen-bond acceptors (Lipinski definition) is 4. The Bertz CT molecular complexity index is 714. The van der Waals surface area contributed by atoms with Crippen LogP contribution in [-0.2, 0) is 14.3 Å². The van der Waals surface area contributed by atoms with Crippen LogP contribution in [0.3, 0.4) is 0 Å². The summed E-state index contributed by atoms with van der Waals surface area (Å²) in [5.74, 6) is 0.178. The molecule has 0 radical (unpaired) electrons. The van der Waals surface area contributed by atoms with E-state index in [1.54, 1.807) is 13.0 Å². The molecule has 2 N–H and O–H groups in total. The van der Waals surface area contributed by atoms with E-state index in [0.29, 0.717) is 48.5 Å². The third-order valence-corrected chi connectivity index (χ3v) is 6.17. The summed E-state index contributed by atoms with van der Waals surface area (Å²) in [6.07, 6.45) is 7.17. The first-order chi connectivity index (χ1) is 12.2. The molecule has 26 heavy (non-hydrogen) atoms. The highest BCUT2D eigenvalue weighted by atomic mass is 16.5. The van der Waals surface area contributed by atoms with E-state index in [-0.39, 0.29) is 11.7 Å². The largest absolute Gasteiger partial charge is 0.488 e. The lowest BCUT2D eigenvalue weighted by Crippen LogP contribution is -2.44. The summed E-state index contributed by atoms with van der Waals surface area (Å²) < 4.78 is 6.21. The van der Waals surface area contributed by atoms with E-state index in [2.05, 4.69) is 19.9 Å². The van der Waals surface area contributed by atoms with Crippen molar-refractivity contribution >= 4 is 11.8 Å². The SMILES string of the molecule is CC(=CCCC(C)C1=CCC2(C)OC3=C(CC12)C(=O)CCC3O)C(=O)O. The lowest BCUT2D eigenvalue weighted by atomic mass is 9.74. The third kappa shape index (κ3) is 3.37. The average molecular weight is 360 g/mol. The summed E-state index contributed by atoms with van der Waals surface area (Å²) >= 11 is 0. The normalized spacial score (nSPS) is 32.5. The summed E-state index contributed by atoms with van der Waals surface area (Å²) in [5, 5.41) is 19.2. The van der Waals surface area contributed by atoms with Gasteiger partial charge in [-0.25, -0.2) is 4.79 Å². The van der Waals surface area contributed by atoms with Crippen molar-refractivity contribution < 1.29 is 24.5 Å². The van der Waals surface area contributed by atoms with E-state index >= 15 is 0 Å². The van der Waals surface area contributed by atoms with Crippen LogP contribution in [0.5, 0.6) is 0 Å². The quantitative estimate of drug-likeness (QED) is 0.579. The number of ether oxygens (including phenoxy) is 1. The molecule has 0 fully saturated rings. The number of carbonyl (C=O) groups is 2. The molecule has 1 heterocycles. The van der Waals surface area contributed by atoms with Crippen LogP contribution in [0.25, 0.3) is 0 Å². The van der Waals surface area contributed by atoms with Crippen molar-refractivity contribution in [3.05, 3.63) is 34.6 Å². The molecule has 0 aromatic rings. The predicted octanol–water partition coefficient (Wildman–Crippen LogP) is 3.54. The predicted molar refractivity (Wildman–Crippen MR) is 97.4 cm³/mol. The molecule has 0 saturated carbocycles. The number of hydrogen-bond donors (Lipinski definition) is 2. The molecule has 0 aromatic heterocycles. The maximum Gasteiger partial charge on any atom is 0.330 e. The Labute approximate surface area is 154 Å². The number of ketones is 1. The van der Waals surface area contributed by atoms with Gasteiger partial charge in [-0.2, -0.15) is 0 Å². The van der Waals surface area contributed by atoms with Gasteiger partial charge in [0, 0.05) is 29.9 Å². The van der Waals surface area contributed by atoms with Crippen molar-refractivity contribution in [1.82, 2.24) is 0 Å². The first-order valence-corrected chi connectivity index (χ1v) is 9.46. The molecule has 4 atom stereocenters. The number of rotatable bonds is 5. The number of aliphatic hydroxyl groups excluding tert-OH is 1. The van der Waals surface area contributed by atoms with E-state index in [1.165, 1.54) is 5.57 Å². The van der Waals surface area contributed by atoms with Crippen molar-refractivity contribution in [3.8, 4) is 0 Å². The second-order valence-electron chi connectivity index (χ2n) is 8.07. The van der Waals surface area contributed by atoms with Crippen molar-refractivity contribution in [1.29, 1.82) is 0 Å². The minimum Gasteiger partial charge on any atom is -0.488 e. The van der Waals surface area contributed by atoms with Crippen molar-refractivity contribution in [2.24, 2.45) is 11.8 Å². The number of carboxylic acids is 1. The fraction of sp³-hybridized carbons (Fsp3) is 0.619. The van der Waals surface area contributed by atoms with Gasteiger partial charge in [-0.05, 0) is 45.4 Å². The lowest BCUT2D eigenvalue weighted by Gasteiger charge is -2.43. The standard InChI is InChI=1S/C21H28O5/c1-12(5-4-6-13(2)20(24)25)14-9-10-21(3)16(14)11-15-17(22)7-8-18(23)19(15)26-21/h6,9,12,16,18,23H,4-5,7-8,10-11H2,1-3H3,(H,24,25). The zero-order chi connectivity index (χ0) is 19.1. The molecule has 3 aliphatic rings. The van der Waals surface area contributed by atoms with Gasteiger partial charge in [-0.1, -0.05) is 24.6 Å². The smallest absolute Gasteiger partial charge is 0.330 e. The Morgan fingerprint density at radius 2 is 2.23 bits per heavy atom. The topological polar surface area (TPSA) is 83.8 Å². The van der Waals surface area contributed by atoms with Gasteiger partial charge < -0.3 is 14.9 Å². The van der Waals surface area contributed by atoms with Crippen LogP contribution in [0.15, 0.2) is 34.6 Å². The molecule has 0 aromatic carbocycles. The molecular formula is C21H28O5. The van der Waals surface area contributed by atoms with Crippen molar-refractivity contribution in [2.45, 2.75) is 71.0 Å². The van der Waals surface area contributed by atoms with Gasteiger partial charge in [0.15, 0.2) is 5.78 Å². The molecule has 5 nitrogen and oxygen atoms in total. The van der Waals surface area contributed by atoms with Crippen LogP contribution >= 0.6 is 0 Å². The maximum atomic E-state index is 12.3. The number of fused-ring (bicyclic) bond motifs is 1. The summed E-state index contributed by atoms with van der Waals surface area (Å²) in [6, 6.07) is 0. The highest BCUT2D eigenvalue weighted by Crippen LogP contribution is 2.51. The summed E-state index contributed by atoms with van der Waals surface area (Å²) in [5.41, 5.74) is 1.95. The molecule has 4 unspecified atom stereocenters. The van der Waals surface area contributed by atoms with Gasteiger partial charge >= 0.3 is 5.97 Å². The van der Waals surface area contributed by atoms with E-state index in [4.69, 9.17) is 9.84 Å². The number of Topliss-reactive ketones (excluding diaryl/α,β-unsaturated/α-hetero) is 1. The van der Waals surface area contributed by atoms with Crippen LogP contribution in [0.2, 0.25) is 0 Å². The maximum absolute atomic E-state index is 12.3. The fourth-order valence-corrected chi connectivity index (χ4v) is 4.44. The highest BCUT2D eigenvalue weighted by Gasteiger charge is 2.50. The molecule has 0 bridgehead atoms. The van der Waals surface area contributed by atoms with Gasteiger partial charge in [-0.3, -0.25) is 4.79 Å². The number of allylic oxidation sites excluding steroid dienone is 2. The van der Waals surface area contributed by atoms with E-state index in [1.807, 2.05) is 0 Å². The second-order valence-corrected chi connectivity index (χ2v) is 8.07. The zero-order valence-corrected chi connectivity index (χ0v) is 15.7. The number of carboxylic acid groups (broad SMARTS) is 1. The molecule has 0 saturated heterocycles. The molecule has 5 heteroatoms. The molecule has 0 spiro atoms. The van der Waals surface area contributed by atoms with Gasteiger partial charge in [0.1, 0.15) is 17.5 Å². The summed E-state index contributed by atoms with van der Waals surface area (Å²) in [6.45, 7) is 5.84. The Morgan fingerprint density at radius 3 is 2.92 bits per heavy atom. The average Bonchev–Trinajstić information content (AvgIpc) is 2.93. The van der Waals surface area contributed by atoms with Gasteiger partial charge in [0.2, 0.25) is 0 Å². The van der Waals surface area contributed by atoms with E-state index in [9.17, 15) is 14.7 Å². The zero-order valence-electron chi connectivity index (χ0n) is 15.7. The van der Waals surface area contributed by atoms with Crippen LogP contribution in [-0.4, -0.2) is 33.7 Å². The van der Waals surface area contributed by atoms with Crippen molar-refractivity contribution in [2.75, 3.05) is 0 Å². The summed E-state index contributed by atoms with van der Waals surface area (Å²) in [7, 11) is 0. The van der Waals surface area contributed by atoms with Crippen LogP contribution in [0, 0.1) is 11.8 Å². The lowest BCUT2D eigenvalue weighted by molar-refractivity contribution is -0.132. The Kier molecular flexibility index (Phi) is 5.11. The number of aliphatic carboxylic acids is 1. The number of carbonyl (C=O) groups excluding carboxylic acids is 1. The van der Waals surface area contributed by atoms with Crippen LogP contribution in [0.4, 0.5) is 0 Å². The van der Waals surface area contributed by atoms with Crippen LogP contribution < -0.4 is 0 Å². The first-order valence-electron chi connectivity index (χ1n) is 9.46. The Balaban J connectivity index is 1.73. The second kappa shape index (κ2) is 7.03. The van der Waals surface area contributed by atoms with E-state index < -0.39 is 17.7 Å². The highest BCUT2D eigenvalue weighted by molar-refractivity contribution is 5.97. The summed E-state index contributed by atoms with van der Waals surface area (Å²) in [4.78, 5) is 23.2. The molecule has 1 aliphatic heterocycles. The number of aliphatic hydroxyl groups is 1. The third-order valence-electron chi connectivity index (χ3n) is 6.17. The van der Waals surface area contributed by atoms with E-state index in [0.717, 1.165) is 12.8 Å². The molecule has 3 rings (SSSR count). The van der Waals surface area contributed by atoms with Crippen LogP contribution in [0.1, 0.15) is 59.3 Å². The monoisotopic (exact) mass is 360 g/mol. The molecular weight excluding hydrogens is 332 g/mol. The molecule has 0 amide bonds. The van der Waals surface area contributed by atoms with Gasteiger partial charge in [0.25, 0.3) is 0 Å².